The first-order chi connectivity index (χ1) is 9.58. The Morgan fingerprint density at radius 1 is 1.14 bits per heavy atom. The predicted octanol–water partition coefficient (Wildman–Crippen LogP) is 0.257. The van der Waals surface area contributed by atoms with Crippen LogP contribution in [-0.4, -0.2) is 47.0 Å². The van der Waals surface area contributed by atoms with Crippen LogP contribution in [0.25, 0.3) is 0 Å². The van der Waals surface area contributed by atoms with E-state index >= 15 is 0 Å². The molecular formula is C12H16N2O5S2. The Balaban J connectivity index is 2.31. The second-order valence-corrected chi connectivity index (χ2v) is 9.30. The number of hydrogen-bond donors (Lipinski definition) is 2. The molecule has 0 aromatic heterocycles. The molecule has 0 saturated heterocycles. The van der Waals surface area contributed by atoms with Crippen molar-refractivity contribution < 1.29 is 21.6 Å². The Morgan fingerprint density at radius 2 is 1.81 bits per heavy atom. The summed E-state index contributed by atoms with van der Waals surface area (Å²) in [5, 5.41) is 5.44. The summed E-state index contributed by atoms with van der Waals surface area (Å²) in [5.41, 5.74) is 0.677. The monoisotopic (exact) mass is 332 g/mol. The number of amides is 1. The molecular weight excluding hydrogens is 316 g/mol. The van der Waals surface area contributed by atoms with Gasteiger partial charge in [0.15, 0.2) is 9.84 Å². The first-order valence-electron chi connectivity index (χ1n) is 6.16. The first-order valence-corrected chi connectivity index (χ1v) is 10.1. The lowest BCUT2D eigenvalue weighted by Gasteiger charge is -2.27. The van der Waals surface area contributed by atoms with Crippen LogP contribution < -0.4 is 10.6 Å². The number of fused-ring (bicyclic) bond motifs is 1. The van der Waals surface area contributed by atoms with E-state index in [9.17, 15) is 21.6 Å². The molecule has 0 fully saturated rings. The smallest absolute Gasteiger partial charge is 0.246 e. The molecule has 9 heteroatoms. The molecule has 0 bridgehead atoms. The van der Waals surface area contributed by atoms with E-state index in [1.54, 1.807) is 12.1 Å². The second kappa shape index (κ2) is 5.30. The van der Waals surface area contributed by atoms with Gasteiger partial charge >= 0.3 is 0 Å². The second-order valence-electron chi connectivity index (χ2n) is 5.06. The van der Waals surface area contributed by atoms with Gasteiger partial charge in [0.2, 0.25) is 5.91 Å². The molecule has 1 aliphatic heterocycles. The van der Waals surface area contributed by atoms with Crippen molar-refractivity contribution in [2.45, 2.75) is 17.4 Å². The molecule has 0 aliphatic carbocycles. The third-order valence-electron chi connectivity index (χ3n) is 3.10. The fraction of sp³-hybridized carbons (Fsp3) is 0.417. The third-order valence-corrected chi connectivity index (χ3v) is 5.21. The summed E-state index contributed by atoms with van der Waals surface area (Å²) in [5.74, 6) is -0.568. The summed E-state index contributed by atoms with van der Waals surface area (Å²) in [6.45, 7) is 0. The van der Waals surface area contributed by atoms with Crippen molar-refractivity contribution in [3.63, 3.8) is 0 Å². The van der Waals surface area contributed by atoms with E-state index in [1.807, 2.05) is 0 Å². The van der Waals surface area contributed by atoms with Gasteiger partial charge in [0.1, 0.15) is 15.9 Å². The van der Waals surface area contributed by atoms with E-state index in [4.69, 9.17) is 0 Å². The predicted molar refractivity (Wildman–Crippen MR) is 79.9 cm³/mol. The van der Waals surface area contributed by atoms with Crippen molar-refractivity contribution in [1.82, 2.24) is 0 Å². The third kappa shape index (κ3) is 3.73. The number of benzene rings is 1. The lowest BCUT2D eigenvalue weighted by atomic mass is 10.1. The minimum atomic E-state index is -3.47. The maximum atomic E-state index is 12.0. The van der Waals surface area contributed by atoms with E-state index in [0.717, 1.165) is 12.5 Å². The Morgan fingerprint density at radius 3 is 2.38 bits per heavy atom. The molecule has 0 saturated carbocycles. The minimum absolute atomic E-state index is 0.0300. The summed E-state index contributed by atoms with van der Waals surface area (Å²) in [6, 6.07) is 3.90. The van der Waals surface area contributed by atoms with E-state index in [2.05, 4.69) is 10.6 Å². The average molecular weight is 332 g/mol. The SMILES string of the molecule is CS(=O)(=O)CCC1Nc2cccc(S(C)(=O)=O)c2NC1=O. The maximum absolute atomic E-state index is 12.0. The largest absolute Gasteiger partial charge is 0.372 e. The van der Waals surface area contributed by atoms with Gasteiger partial charge in [0.25, 0.3) is 0 Å². The van der Waals surface area contributed by atoms with Gasteiger partial charge in [0, 0.05) is 12.5 Å². The Kier molecular flexibility index (Phi) is 3.98. The Hall–Kier alpha value is -1.61. The van der Waals surface area contributed by atoms with Crippen molar-refractivity contribution in [3.05, 3.63) is 18.2 Å². The van der Waals surface area contributed by atoms with Gasteiger partial charge in [-0.1, -0.05) is 6.07 Å². The van der Waals surface area contributed by atoms with Gasteiger partial charge in [-0.25, -0.2) is 16.8 Å². The molecule has 21 heavy (non-hydrogen) atoms. The summed E-state index contributed by atoms with van der Waals surface area (Å²) >= 11 is 0. The number of carbonyl (C=O) groups excluding carboxylic acids is 1. The minimum Gasteiger partial charge on any atom is -0.372 e. The van der Waals surface area contributed by atoms with Crippen LogP contribution in [-0.2, 0) is 24.5 Å². The standard InChI is InChI=1S/C12H16N2O5S2/c1-20(16,17)7-6-9-12(15)14-11-8(13-9)4-3-5-10(11)21(2,18)19/h3-5,9,13H,6-7H2,1-2H3,(H,14,15). The summed E-state index contributed by atoms with van der Waals surface area (Å²) in [4.78, 5) is 12.0. The highest BCUT2D eigenvalue weighted by Gasteiger charge is 2.29. The fourth-order valence-corrected chi connectivity index (χ4v) is 3.61. The molecule has 7 nitrogen and oxygen atoms in total. The quantitative estimate of drug-likeness (QED) is 0.818. The van der Waals surface area contributed by atoms with Crippen LogP contribution in [0.4, 0.5) is 11.4 Å². The molecule has 116 valence electrons. The van der Waals surface area contributed by atoms with Gasteiger partial charge in [-0.05, 0) is 18.6 Å². The van der Waals surface area contributed by atoms with Crippen molar-refractivity contribution in [2.24, 2.45) is 0 Å². The summed E-state index contributed by atoms with van der Waals surface area (Å²) in [7, 11) is -6.64. The normalized spacial score (nSPS) is 18.6. The van der Waals surface area contributed by atoms with Gasteiger partial charge in [-0.15, -0.1) is 0 Å². The molecule has 0 spiro atoms. The van der Waals surface area contributed by atoms with Crippen molar-refractivity contribution >= 4 is 37.0 Å². The molecule has 1 heterocycles. The molecule has 1 aliphatic rings. The Labute approximate surface area is 123 Å². The van der Waals surface area contributed by atoms with Gasteiger partial charge in [-0.3, -0.25) is 4.79 Å². The van der Waals surface area contributed by atoms with Crippen molar-refractivity contribution in [1.29, 1.82) is 0 Å². The molecule has 1 aromatic carbocycles. The maximum Gasteiger partial charge on any atom is 0.246 e. The topological polar surface area (TPSA) is 109 Å². The molecule has 1 atom stereocenters. The van der Waals surface area contributed by atoms with E-state index in [1.165, 1.54) is 6.07 Å². The molecule has 1 amide bonds. The first kappa shape index (κ1) is 15.8. The number of sulfone groups is 2. The van der Waals surface area contributed by atoms with Gasteiger partial charge < -0.3 is 10.6 Å². The fourth-order valence-electron chi connectivity index (χ4n) is 2.09. The van der Waals surface area contributed by atoms with Gasteiger partial charge in [0.05, 0.1) is 22.0 Å². The number of hydrogen-bond acceptors (Lipinski definition) is 6. The van der Waals surface area contributed by atoms with Crippen LogP contribution in [0, 0.1) is 0 Å². The highest BCUT2D eigenvalue weighted by Crippen LogP contribution is 2.33. The van der Waals surface area contributed by atoms with Crippen molar-refractivity contribution in [3.8, 4) is 0 Å². The molecule has 2 rings (SSSR count). The number of carbonyl (C=O) groups is 1. The zero-order valence-corrected chi connectivity index (χ0v) is 13.2. The van der Waals surface area contributed by atoms with Gasteiger partial charge in [-0.2, -0.15) is 0 Å². The van der Waals surface area contributed by atoms with E-state index in [0.29, 0.717) is 5.69 Å². The summed E-state index contributed by atoms with van der Waals surface area (Å²) in [6.07, 6.45) is 2.28. The molecule has 2 N–H and O–H groups in total. The van der Waals surface area contributed by atoms with E-state index in [-0.39, 0.29) is 22.8 Å². The number of anilines is 2. The lowest BCUT2D eigenvalue weighted by molar-refractivity contribution is -0.117. The number of para-hydroxylation sites is 1. The van der Waals surface area contributed by atoms with Crippen LogP contribution in [0.3, 0.4) is 0 Å². The molecule has 0 radical (unpaired) electrons. The average Bonchev–Trinajstić information content (AvgIpc) is 2.33. The van der Waals surface area contributed by atoms with E-state index < -0.39 is 31.6 Å². The van der Waals surface area contributed by atoms with Crippen LogP contribution >= 0.6 is 0 Å². The van der Waals surface area contributed by atoms with Crippen LogP contribution in [0.2, 0.25) is 0 Å². The van der Waals surface area contributed by atoms with Crippen LogP contribution in [0.1, 0.15) is 6.42 Å². The number of nitrogens with one attached hydrogen (secondary N) is 2. The highest BCUT2D eigenvalue weighted by atomic mass is 32.2. The molecule has 1 aromatic rings. The number of rotatable bonds is 4. The zero-order valence-electron chi connectivity index (χ0n) is 11.6. The van der Waals surface area contributed by atoms with Crippen molar-refractivity contribution in [2.75, 3.05) is 28.9 Å². The van der Waals surface area contributed by atoms with Crippen LogP contribution in [0.5, 0.6) is 0 Å². The lowest BCUT2D eigenvalue weighted by Crippen LogP contribution is -2.40. The van der Waals surface area contributed by atoms with Crippen LogP contribution in [0.15, 0.2) is 23.1 Å². The molecule has 1 unspecified atom stereocenters. The Bertz CT molecular complexity index is 784. The zero-order chi connectivity index (χ0) is 15.8. The highest BCUT2D eigenvalue weighted by molar-refractivity contribution is 7.91. The summed E-state index contributed by atoms with van der Waals surface area (Å²) < 4.78 is 45.7.